The van der Waals surface area contributed by atoms with Gasteiger partial charge < -0.3 is 9.64 Å². The van der Waals surface area contributed by atoms with Crippen molar-refractivity contribution in [1.82, 2.24) is 0 Å². The maximum atomic E-state index is 11.8. The van der Waals surface area contributed by atoms with E-state index in [4.69, 9.17) is 4.74 Å². The fourth-order valence-electron chi connectivity index (χ4n) is 2.05. The van der Waals surface area contributed by atoms with Gasteiger partial charge in [-0.25, -0.2) is 0 Å². The molecule has 0 unspecified atom stereocenters. The molecule has 1 heterocycles. The Hall–Kier alpha value is -0.870. The van der Waals surface area contributed by atoms with Crippen molar-refractivity contribution in [3.8, 4) is 0 Å². The molecular formula is C14H18BrNO2. The van der Waals surface area contributed by atoms with Crippen molar-refractivity contribution in [2.45, 2.75) is 12.8 Å². The first-order valence-corrected chi connectivity index (χ1v) is 7.45. The minimum atomic E-state index is 0.225. The van der Waals surface area contributed by atoms with E-state index in [2.05, 4.69) is 20.8 Å². The highest BCUT2D eigenvalue weighted by molar-refractivity contribution is 9.09. The molecule has 1 saturated heterocycles. The Morgan fingerprint density at radius 3 is 2.50 bits per heavy atom. The number of halogens is 1. The summed E-state index contributed by atoms with van der Waals surface area (Å²) in [6.07, 6.45) is 1.51. The third-order valence-corrected chi connectivity index (χ3v) is 3.66. The lowest BCUT2D eigenvalue weighted by Gasteiger charge is -2.28. The zero-order valence-corrected chi connectivity index (χ0v) is 12.0. The largest absolute Gasteiger partial charge is 0.378 e. The zero-order valence-electron chi connectivity index (χ0n) is 10.4. The van der Waals surface area contributed by atoms with Crippen LogP contribution in [0.25, 0.3) is 0 Å². The van der Waals surface area contributed by atoms with Crippen LogP contribution in [0.1, 0.15) is 23.2 Å². The zero-order chi connectivity index (χ0) is 12.8. The average Bonchev–Trinajstić information content (AvgIpc) is 2.46. The highest BCUT2D eigenvalue weighted by atomic mass is 79.9. The normalized spacial score (nSPS) is 15.7. The quantitative estimate of drug-likeness (QED) is 0.618. The molecule has 1 fully saturated rings. The monoisotopic (exact) mass is 311 g/mol. The molecule has 0 aromatic heterocycles. The van der Waals surface area contributed by atoms with Crippen LogP contribution in [-0.2, 0) is 4.74 Å². The van der Waals surface area contributed by atoms with Gasteiger partial charge in [-0.3, -0.25) is 4.79 Å². The van der Waals surface area contributed by atoms with E-state index in [9.17, 15) is 4.79 Å². The summed E-state index contributed by atoms with van der Waals surface area (Å²) in [7, 11) is 0. The van der Waals surface area contributed by atoms with Crippen molar-refractivity contribution >= 4 is 27.4 Å². The second-order valence-corrected chi connectivity index (χ2v) is 5.16. The van der Waals surface area contributed by atoms with Gasteiger partial charge in [0.15, 0.2) is 5.78 Å². The van der Waals surface area contributed by atoms with Crippen LogP contribution in [0.5, 0.6) is 0 Å². The number of Topliss-reactive ketones (excluding diaryl/α,β-unsaturated/α-hetero) is 1. The minimum Gasteiger partial charge on any atom is -0.378 e. The molecule has 0 aliphatic carbocycles. The number of morpholine rings is 1. The van der Waals surface area contributed by atoms with Crippen molar-refractivity contribution in [2.75, 3.05) is 36.5 Å². The van der Waals surface area contributed by atoms with Crippen molar-refractivity contribution in [1.29, 1.82) is 0 Å². The van der Waals surface area contributed by atoms with Crippen LogP contribution in [0.3, 0.4) is 0 Å². The SMILES string of the molecule is O=C(CCCBr)c1ccc(N2CCOCC2)cc1. The van der Waals surface area contributed by atoms with E-state index in [1.807, 2.05) is 24.3 Å². The van der Waals surface area contributed by atoms with E-state index in [-0.39, 0.29) is 5.78 Å². The Morgan fingerprint density at radius 2 is 1.89 bits per heavy atom. The third kappa shape index (κ3) is 3.56. The average molecular weight is 312 g/mol. The number of carbonyl (C=O) groups is 1. The van der Waals surface area contributed by atoms with Gasteiger partial charge in [0.1, 0.15) is 0 Å². The van der Waals surface area contributed by atoms with Crippen LogP contribution < -0.4 is 4.90 Å². The second-order valence-electron chi connectivity index (χ2n) is 4.36. The molecule has 1 aromatic carbocycles. The van der Waals surface area contributed by atoms with Gasteiger partial charge in [-0.05, 0) is 30.7 Å². The first-order valence-electron chi connectivity index (χ1n) is 6.33. The maximum Gasteiger partial charge on any atom is 0.162 e. The molecule has 18 heavy (non-hydrogen) atoms. The molecule has 1 aliphatic rings. The molecule has 2 rings (SSSR count). The van der Waals surface area contributed by atoms with Gasteiger partial charge in [0.25, 0.3) is 0 Å². The van der Waals surface area contributed by atoms with E-state index < -0.39 is 0 Å². The highest BCUT2D eigenvalue weighted by Gasteiger charge is 2.11. The Bertz CT molecular complexity index is 385. The topological polar surface area (TPSA) is 29.5 Å². The second kappa shape index (κ2) is 6.90. The number of carbonyl (C=O) groups excluding carboxylic acids is 1. The number of hydrogen-bond acceptors (Lipinski definition) is 3. The van der Waals surface area contributed by atoms with E-state index in [1.165, 1.54) is 5.69 Å². The number of hydrogen-bond donors (Lipinski definition) is 0. The van der Waals surface area contributed by atoms with Crippen molar-refractivity contribution in [3.63, 3.8) is 0 Å². The molecule has 4 heteroatoms. The van der Waals surface area contributed by atoms with Gasteiger partial charge in [-0.2, -0.15) is 0 Å². The summed E-state index contributed by atoms with van der Waals surface area (Å²) < 4.78 is 5.33. The Kier molecular flexibility index (Phi) is 5.20. The van der Waals surface area contributed by atoms with Gasteiger partial charge in [-0.15, -0.1) is 0 Å². The van der Waals surface area contributed by atoms with Crippen LogP contribution in [0, 0.1) is 0 Å². The van der Waals surface area contributed by atoms with Crippen LogP contribution in [0.15, 0.2) is 24.3 Å². The molecule has 0 spiro atoms. The fourth-order valence-corrected chi connectivity index (χ4v) is 2.33. The summed E-state index contributed by atoms with van der Waals surface area (Å²) in [5.74, 6) is 0.225. The lowest BCUT2D eigenvalue weighted by Crippen LogP contribution is -2.36. The first-order chi connectivity index (χ1) is 8.81. The molecule has 98 valence electrons. The van der Waals surface area contributed by atoms with Gasteiger partial charge >= 0.3 is 0 Å². The van der Waals surface area contributed by atoms with Crippen molar-refractivity contribution < 1.29 is 9.53 Å². The molecular weight excluding hydrogens is 294 g/mol. The number of ketones is 1. The van der Waals surface area contributed by atoms with Gasteiger partial charge in [-0.1, -0.05) is 15.9 Å². The van der Waals surface area contributed by atoms with E-state index in [1.54, 1.807) is 0 Å². The van der Waals surface area contributed by atoms with E-state index in [0.29, 0.717) is 6.42 Å². The van der Waals surface area contributed by atoms with Gasteiger partial charge in [0.05, 0.1) is 13.2 Å². The van der Waals surface area contributed by atoms with Crippen molar-refractivity contribution in [3.05, 3.63) is 29.8 Å². The van der Waals surface area contributed by atoms with Crippen LogP contribution in [0.4, 0.5) is 5.69 Å². The lowest BCUT2D eigenvalue weighted by atomic mass is 10.1. The Labute approximate surface area is 116 Å². The summed E-state index contributed by atoms with van der Waals surface area (Å²) >= 11 is 3.34. The molecule has 0 atom stereocenters. The minimum absolute atomic E-state index is 0.225. The van der Waals surface area contributed by atoms with Crippen molar-refractivity contribution in [2.24, 2.45) is 0 Å². The summed E-state index contributed by atoms with van der Waals surface area (Å²) in [4.78, 5) is 14.1. The third-order valence-electron chi connectivity index (χ3n) is 3.10. The number of anilines is 1. The molecule has 3 nitrogen and oxygen atoms in total. The predicted molar refractivity (Wildman–Crippen MR) is 76.8 cm³/mol. The lowest BCUT2D eigenvalue weighted by molar-refractivity contribution is 0.0982. The molecule has 1 aliphatic heterocycles. The number of rotatable bonds is 5. The molecule has 1 aromatic rings. The summed E-state index contributed by atoms with van der Waals surface area (Å²) in [6, 6.07) is 7.93. The predicted octanol–water partition coefficient (Wildman–Crippen LogP) is 2.88. The summed E-state index contributed by atoms with van der Waals surface area (Å²) in [5.41, 5.74) is 1.99. The van der Waals surface area contributed by atoms with Crippen LogP contribution in [0.2, 0.25) is 0 Å². The summed E-state index contributed by atoms with van der Waals surface area (Å²) in [5, 5.41) is 0.880. The fraction of sp³-hybridized carbons (Fsp3) is 0.500. The molecule has 0 amide bonds. The smallest absolute Gasteiger partial charge is 0.162 e. The first kappa shape index (κ1) is 13.6. The number of benzene rings is 1. The standard InChI is InChI=1S/C14H18BrNO2/c15-7-1-2-14(17)12-3-5-13(6-4-12)16-8-10-18-11-9-16/h3-6H,1-2,7-11H2. The van der Waals surface area contributed by atoms with Gasteiger partial charge in [0, 0.05) is 36.1 Å². The van der Waals surface area contributed by atoms with E-state index >= 15 is 0 Å². The molecule has 0 bridgehead atoms. The maximum absolute atomic E-state index is 11.8. The van der Waals surface area contributed by atoms with Crippen LogP contribution >= 0.6 is 15.9 Å². The Morgan fingerprint density at radius 1 is 1.22 bits per heavy atom. The molecule has 0 radical (unpaired) electrons. The van der Waals surface area contributed by atoms with E-state index in [0.717, 1.165) is 43.6 Å². The van der Waals surface area contributed by atoms with Gasteiger partial charge in [0.2, 0.25) is 0 Å². The van der Waals surface area contributed by atoms with Crippen LogP contribution in [-0.4, -0.2) is 37.4 Å². The summed E-state index contributed by atoms with van der Waals surface area (Å²) in [6.45, 7) is 3.42. The molecule has 0 N–H and O–H groups in total. The number of nitrogens with zero attached hydrogens (tertiary/aromatic N) is 1. The molecule has 0 saturated carbocycles. The number of ether oxygens (including phenoxy) is 1. The Balaban J connectivity index is 1.98. The number of alkyl halides is 1. The highest BCUT2D eigenvalue weighted by Crippen LogP contribution is 2.17.